The maximum absolute atomic E-state index is 5.90. The topological polar surface area (TPSA) is 4.93 Å². The van der Waals surface area contributed by atoms with Crippen LogP contribution in [0.5, 0.6) is 0 Å². The highest BCUT2D eigenvalue weighted by Gasteiger charge is 2.01. The highest BCUT2D eigenvalue weighted by molar-refractivity contribution is 9.11. The first kappa shape index (κ1) is 9.81. The molecule has 3 heteroatoms. The lowest BCUT2D eigenvalue weighted by molar-refractivity contribution is 0.858. The lowest BCUT2D eigenvalue weighted by Gasteiger charge is -2.03. The molecule has 14 heavy (non-hydrogen) atoms. The van der Waals surface area contributed by atoms with Gasteiger partial charge in [-0.2, -0.15) is 0 Å². The van der Waals surface area contributed by atoms with Crippen molar-refractivity contribution in [3.05, 3.63) is 46.5 Å². The van der Waals surface area contributed by atoms with Gasteiger partial charge in [-0.05, 0) is 24.3 Å². The maximum Gasteiger partial charge on any atom is 0.0535 e. The fraction of sp³-hybridized carbons (Fsp3) is 0.0909. The summed E-state index contributed by atoms with van der Waals surface area (Å²) in [5.41, 5.74) is 1.18. The molecule has 72 valence electrons. The molecule has 0 amide bonds. The molecule has 0 fully saturated rings. The van der Waals surface area contributed by atoms with E-state index in [1.165, 1.54) is 5.52 Å². The summed E-state index contributed by atoms with van der Waals surface area (Å²) in [4.78, 5) is 0. The van der Waals surface area contributed by atoms with E-state index in [1.54, 1.807) is 0 Å². The van der Waals surface area contributed by atoms with Crippen LogP contribution in [0.15, 0.2) is 41.5 Å². The second-order valence-electron chi connectivity index (χ2n) is 3.16. The van der Waals surface area contributed by atoms with Crippen molar-refractivity contribution in [2.24, 2.45) is 0 Å². The lowest BCUT2D eigenvalue weighted by atomic mass is 10.2. The highest BCUT2D eigenvalue weighted by atomic mass is 79.9. The average molecular weight is 271 g/mol. The third-order valence-corrected chi connectivity index (χ3v) is 2.56. The quantitative estimate of drug-likeness (QED) is 0.770. The van der Waals surface area contributed by atoms with Crippen LogP contribution in [-0.2, 0) is 6.54 Å². The van der Waals surface area contributed by atoms with Crippen molar-refractivity contribution < 1.29 is 0 Å². The number of hydrogen-bond acceptors (Lipinski definition) is 0. The molecule has 0 N–H and O–H groups in total. The third kappa shape index (κ3) is 1.86. The van der Waals surface area contributed by atoms with Gasteiger partial charge in [0.2, 0.25) is 0 Å². The van der Waals surface area contributed by atoms with Gasteiger partial charge in [0.1, 0.15) is 0 Å². The fourth-order valence-corrected chi connectivity index (χ4v) is 1.94. The van der Waals surface area contributed by atoms with Crippen LogP contribution in [0.3, 0.4) is 0 Å². The number of rotatable bonds is 2. The fourth-order valence-electron chi connectivity index (χ4n) is 1.49. The van der Waals surface area contributed by atoms with Crippen LogP contribution in [0, 0.1) is 0 Å². The normalized spacial score (nSPS) is 10.7. The molecule has 0 aliphatic rings. The molecule has 0 aliphatic carbocycles. The van der Waals surface area contributed by atoms with Crippen molar-refractivity contribution in [2.75, 3.05) is 0 Å². The number of fused-ring (bicyclic) bond motifs is 1. The molecular weight excluding hydrogens is 261 g/mol. The number of halogens is 2. The van der Waals surface area contributed by atoms with Crippen LogP contribution in [0.25, 0.3) is 10.9 Å². The predicted octanol–water partition coefficient (Wildman–Crippen LogP) is 4.20. The van der Waals surface area contributed by atoms with Crippen molar-refractivity contribution >= 4 is 38.4 Å². The summed E-state index contributed by atoms with van der Waals surface area (Å²) in [6.07, 6.45) is 2.04. The van der Waals surface area contributed by atoms with Gasteiger partial charge in [-0.15, -0.1) is 0 Å². The molecule has 2 aromatic rings. The van der Waals surface area contributed by atoms with E-state index in [9.17, 15) is 0 Å². The van der Waals surface area contributed by atoms with E-state index in [0.29, 0.717) is 0 Å². The Balaban J connectivity index is 2.52. The lowest BCUT2D eigenvalue weighted by Crippen LogP contribution is -1.94. The second kappa shape index (κ2) is 3.79. The van der Waals surface area contributed by atoms with Crippen LogP contribution in [0.1, 0.15) is 0 Å². The Bertz CT molecular complexity index is 487. The van der Waals surface area contributed by atoms with Gasteiger partial charge in [0.15, 0.2) is 0 Å². The van der Waals surface area contributed by atoms with E-state index >= 15 is 0 Å². The molecule has 1 aromatic carbocycles. The molecule has 0 aliphatic heterocycles. The third-order valence-electron chi connectivity index (χ3n) is 2.07. The summed E-state index contributed by atoms with van der Waals surface area (Å²) in [6, 6.07) is 7.94. The Kier molecular flexibility index (Phi) is 2.66. The zero-order chi connectivity index (χ0) is 10.1. The molecule has 0 bridgehead atoms. The molecule has 1 aromatic heterocycles. The zero-order valence-electron chi connectivity index (χ0n) is 7.50. The largest absolute Gasteiger partial charge is 0.343 e. The van der Waals surface area contributed by atoms with Gasteiger partial charge in [-0.1, -0.05) is 34.1 Å². The van der Waals surface area contributed by atoms with Gasteiger partial charge >= 0.3 is 0 Å². The number of hydrogen-bond donors (Lipinski definition) is 0. The van der Waals surface area contributed by atoms with E-state index in [4.69, 9.17) is 11.6 Å². The minimum Gasteiger partial charge on any atom is -0.343 e. The monoisotopic (exact) mass is 269 g/mol. The Morgan fingerprint density at radius 3 is 2.93 bits per heavy atom. The van der Waals surface area contributed by atoms with Gasteiger partial charge < -0.3 is 4.57 Å². The summed E-state index contributed by atoms with van der Waals surface area (Å²) in [6.45, 7) is 4.61. The molecule has 0 radical (unpaired) electrons. The van der Waals surface area contributed by atoms with Crippen molar-refractivity contribution in [3.63, 3.8) is 0 Å². The Morgan fingerprint density at radius 2 is 2.21 bits per heavy atom. The van der Waals surface area contributed by atoms with E-state index in [0.717, 1.165) is 21.4 Å². The maximum atomic E-state index is 5.90. The van der Waals surface area contributed by atoms with Crippen molar-refractivity contribution in [2.45, 2.75) is 6.54 Å². The summed E-state index contributed by atoms with van der Waals surface area (Å²) in [5.74, 6) is 0. The second-order valence-corrected chi connectivity index (χ2v) is 4.72. The molecule has 0 saturated heterocycles. The highest BCUT2D eigenvalue weighted by Crippen LogP contribution is 2.21. The Labute approximate surface area is 96.1 Å². The van der Waals surface area contributed by atoms with E-state index in [-0.39, 0.29) is 0 Å². The summed E-state index contributed by atoms with van der Waals surface area (Å²) >= 11 is 9.25. The van der Waals surface area contributed by atoms with Gasteiger partial charge in [-0.3, -0.25) is 0 Å². The number of benzene rings is 1. The molecule has 0 saturated carbocycles. The molecule has 0 atom stereocenters. The molecular formula is C11H9BrClN. The minimum atomic E-state index is 0.771. The Morgan fingerprint density at radius 1 is 1.43 bits per heavy atom. The Hall–Kier alpha value is -0.730. The first-order chi connectivity index (χ1) is 6.66. The minimum absolute atomic E-state index is 0.771. The van der Waals surface area contributed by atoms with Crippen LogP contribution in [-0.4, -0.2) is 4.57 Å². The molecule has 1 nitrogen and oxygen atoms in total. The van der Waals surface area contributed by atoms with Crippen molar-refractivity contribution in [3.8, 4) is 0 Å². The molecule has 1 heterocycles. The van der Waals surface area contributed by atoms with Gasteiger partial charge in [0, 0.05) is 26.6 Å². The predicted molar refractivity (Wildman–Crippen MR) is 65.0 cm³/mol. The number of aromatic nitrogens is 1. The van der Waals surface area contributed by atoms with Gasteiger partial charge in [0.25, 0.3) is 0 Å². The van der Waals surface area contributed by atoms with Gasteiger partial charge in [-0.25, -0.2) is 0 Å². The summed E-state index contributed by atoms with van der Waals surface area (Å²) < 4.78 is 3.09. The van der Waals surface area contributed by atoms with Crippen LogP contribution in [0.4, 0.5) is 0 Å². The summed E-state index contributed by atoms with van der Waals surface area (Å²) in [5, 5.41) is 1.93. The van der Waals surface area contributed by atoms with Crippen LogP contribution in [0.2, 0.25) is 5.02 Å². The van der Waals surface area contributed by atoms with Crippen LogP contribution < -0.4 is 0 Å². The first-order valence-electron chi connectivity index (χ1n) is 4.24. The number of allylic oxidation sites excluding steroid dienone is 1. The summed E-state index contributed by atoms with van der Waals surface area (Å²) in [7, 11) is 0. The van der Waals surface area contributed by atoms with Crippen molar-refractivity contribution in [1.29, 1.82) is 0 Å². The first-order valence-corrected chi connectivity index (χ1v) is 5.41. The van der Waals surface area contributed by atoms with Crippen molar-refractivity contribution in [1.82, 2.24) is 4.57 Å². The van der Waals surface area contributed by atoms with Gasteiger partial charge in [0.05, 0.1) is 6.54 Å². The van der Waals surface area contributed by atoms with Crippen LogP contribution >= 0.6 is 27.5 Å². The molecule has 2 rings (SSSR count). The molecule has 0 spiro atoms. The van der Waals surface area contributed by atoms with E-state index in [2.05, 4.69) is 33.1 Å². The van der Waals surface area contributed by atoms with E-state index < -0.39 is 0 Å². The number of nitrogens with zero attached hydrogens (tertiary/aromatic N) is 1. The zero-order valence-corrected chi connectivity index (χ0v) is 9.85. The standard InChI is InChI=1S/C11H9BrClN/c1-8(12)7-14-5-4-9-6-10(13)2-3-11(9)14/h2-6H,1,7H2. The van der Waals surface area contributed by atoms with E-state index in [1.807, 2.05) is 24.4 Å². The SMILES string of the molecule is C=C(Br)Cn1ccc2cc(Cl)ccc21. The average Bonchev–Trinajstić information content (AvgIpc) is 2.47. The smallest absolute Gasteiger partial charge is 0.0535 e. The molecule has 0 unspecified atom stereocenters.